The van der Waals surface area contributed by atoms with Crippen LogP contribution in [0, 0.1) is 0 Å². The predicted octanol–water partition coefficient (Wildman–Crippen LogP) is 3.98. The monoisotopic (exact) mass is 476 g/mol. The topological polar surface area (TPSA) is 60.1 Å². The Morgan fingerprint density at radius 2 is 1.90 bits per heavy atom. The molecule has 6 nitrogen and oxygen atoms in total. The molecule has 0 spiro atoms. The lowest BCUT2D eigenvalue weighted by Crippen LogP contribution is -2.42. The zero-order chi connectivity index (χ0) is 21.4. The number of hydrogen-bond acceptors (Lipinski definition) is 3. The number of fused-ring (bicyclic) bond motifs is 2. The molecule has 0 bridgehead atoms. The fourth-order valence-corrected chi connectivity index (χ4v) is 4.65. The minimum Gasteiger partial charge on any atom is -0.348 e. The van der Waals surface area contributed by atoms with Crippen LogP contribution in [0.5, 0.6) is 0 Å². The molecule has 0 unspecified atom stereocenters. The first kappa shape index (κ1) is 19.8. The van der Waals surface area contributed by atoms with Gasteiger partial charge in [0.25, 0.3) is 5.56 Å². The van der Waals surface area contributed by atoms with Crippen LogP contribution in [0.15, 0.2) is 82.5 Å². The first-order valence-electron chi connectivity index (χ1n) is 10.3. The lowest BCUT2D eigenvalue weighted by atomic mass is 9.99. The minimum absolute atomic E-state index is 0.0301. The fourth-order valence-electron chi connectivity index (χ4n) is 4.29. The molecular formula is C24H21BrN4O2. The lowest BCUT2D eigenvalue weighted by Gasteiger charge is -2.37. The maximum absolute atomic E-state index is 13.3. The highest BCUT2D eigenvalue weighted by Gasteiger charge is 2.31. The second-order valence-corrected chi connectivity index (χ2v) is 8.60. The number of aryl methyl sites for hydroxylation is 1. The maximum atomic E-state index is 13.3. The molecule has 0 N–H and O–H groups in total. The Labute approximate surface area is 187 Å². The van der Waals surface area contributed by atoms with E-state index in [1.807, 2.05) is 41.3 Å². The first-order chi connectivity index (χ1) is 15.1. The van der Waals surface area contributed by atoms with Gasteiger partial charge in [-0.2, -0.15) is 0 Å². The van der Waals surface area contributed by atoms with E-state index < -0.39 is 0 Å². The number of carbonyl (C=O) groups excluding carboxylic acids is 1. The molecule has 7 heteroatoms. The van der Waals surface area contributed by atoms with Gasteiger partial charge in [0, 0.05) is 42.4 Å². The molecule has 1 aliphatic rings. The van der Waals surface area contributed by atoms with Gasteiger partial charge in [-0.1, -0.05) is 46.3 Å². The Bertz CT molecular complexity index is 1310. The van der Waals surface area contributed by atoms with Crippen LogP contribution in [-0.2, 0) is 17.9 Å². The number of amides is 1. The smallest absolute Gasteiger partial charge is 0.261 e. The lowest BCUT2D eigenvalue weighted by molar-refractivity contribution is -0.134. The molecule has 0 saturated carbocycles. The molecule has 0 fully saturated rings. The van der Waals surface area contributed by atoms with E-state index in [1.54, 1.807) is 6.07 Å². The summed E-state index contributed by atoms with van der Waals surface area (Å²) in [5.41, 5.74) is 2.72. The quantitative estimate of drug-likeness (QED) is 0.447. The van der Waals surface area contributed by atoms with Crippen molar-refractivity contribution in [2.45, 2.75) is 25.6 Å². The standard InChI is InChI=1S/C24H21BrN4O2/c25-18-8-9-20-19(15-18)24(31)28(16-26-20)12-10-22(30)29-14-13-27-11-4-7-21(27)23(29)17-5-2-1-3-6-17/h1-9,11,15-16,23H,10,12-14H2/t23-/m1/s1. The van der Waals surface area contributed by atoms with Gasteiger partial charge < -0.3 is 9.47 Å². The van der Waals surface area contributed by atoms with Crippen molar-refractivity contribution in [3.8, 4) is 0 Å². The minimum atomic E-state index is -0.133. The van der Waals surface area contributed by atoms with Crippen LogP contribution in [0.1, 0.15) is 23.7 Å². The van der Waals surface area contributed by atoms with Crippen molar-refractivity contribution in [3.05, 3.63) is 99.3 Å². The zero-order valence-corrected chi connectivity index (χ0v) is 18.4. The number of halogens is 1. The van der Waals surface area contributed by atoms with Gasteiger partial charge in [0.1, 0.15) is 0 Å². The van der Waals surface area contributed by atoms with Crippen molar-refractivity contribution < 1.29 is 4.79 Å². The third-order valence-corrected chi connectivity index (χ3v) is 6.32. The van der Waals surface area contributed by atoms with E-state index in [0.29, 0.717) is 24.0 Å². The van der Waals surface area contributed by atoms with E-state index in [0.717, 1.165) is 22.3 Å². The molecule has 3 heterocycles. The summed E-state index contributed by atoms with van der Waals surface area (Å²) in [7, 11) is 0. The molecule has 1 amide bonds. The highest BCUT2D eigenvalue weighted by Crippen LogP contribution is 2.32. The molecule has 156 valence electrons. The van der Waals surface area contributed by atoms with Gasteiger partial charge in [-0.15, -0.1) is 0 Å². The van der Waals surface area contributed by atoms with Crippen LogP contribution in [0.2, 0.25) is 0 Å². The van der Waals surface area contributed by atoms with Gasteiger partial charge in [0.15, 0.2) is 0 Å². The number of benzene rings is 2. The largest absolute Gasteiger partial charge is 0.348 e. The summed E-state index contributed by atoms with van der Waals surface area (Å²) in [4.78, 5) is 32.5. The van der Waals surface area contributed by atoms with Crippen LogP contribution in [0.25, 0.3) is 10.9 Å². The normalized spacial score (nSPS) is 15.8. The summed E-state index contributed by atoms with van der Waals surface area (Å²) >= 11 is 3.41. The van der Waals surface area contributed by atoms with Crippen LogP contribution in [0.3, 0.4) is 0 Å². The molecule has 0 radical (unpaired) electrons. The summed E-state index contributed by atoms with van der Waals surface area (Å²) in [6.07, 6.45) is 3.83. The Balaban J connectivity index is 1.41. The van der Waals surface area contributed by atoms with Crippen LogP contribution in [-0.4, -0.2) is 31.5 Å². The number of aromatic nitrogens is 3. The van der Waals surface area contributed by atoms with Crippen molar-refractivity contribution in [1.29, 1.82) is 0 Å². The number of carbonyl (C=O) groups is 1. The molecular weight excluding hydrogens is 456 g/mol. The zero-order valence-electron chi connectivity index (χ0n) is 16.8. The first-order valence-corrected chi connectivity index (χ1v) is 11.1. The third kappa shape index (κ3) is 3.70. The molecule has 1 aliphatic heterocycles. The second-order valence-electron chi connectivity index (χ2n) is 7.68. The molecule has 4 aromatic rings. The van der Waals surface area contributed by atoms with Crippen LogP contribution >= 0.6 is 15.9 Å². The van der Waals surface area contributed by atoms with Gasteiger partial charge in [-0.05, 0) is 35.9 Å². The Kier molecular flexibility index (Phi) is 5.19. The van der Waals surface area contributed by atoms with Crippen LogP contribution in [0.4, 0.5) is 0 Å². The van der Waals surface area contributed by atoms with Crippen molar-refractivity contribution in [1.82, 2.24) is 19.0 Å². The van der Waals surface area contributed by atoms with Gasteiger partial charge in [-0.25, -0.2) is 4.98 Å². The average Bonchev–Trinajstić information content (AvgIpc) is 3.27. The van der Waals surface area contributed by atoms with E-state index in [-0.39, 0.29) is 23.9 Å². The number of hydrogen-bond donors (Lipinski definition) is 0. The van der Waals surface area contributed by atoms with E-state index in [1.165, 1.54) is 10.9 Å². The van der Waals surface area contributed by atoms with Gasteiger partial charge >= 0.3 is 0 Å². The SMILES string of the molecule is O=C(CCn1cnc2ccc(Br)cc2c1=O)N1CCn2cccc2[C@H]1c1ccccc1. The number of rotatable bonds is 4. The average molecular weight is 477 g/mol. The Hall–Kier alpha value is -3.19. The Morgan fingerprint density at radius 1 is 1.06 bits per heavy atom. The maximum Gasteiger partial charge on any atom is 0.261 e. The fraction of sp³-hybridized carbons (Fsp3) is 0.208. The molecule has 0 saturated heterocycles. The van der Waals surface area contributed by atoms with Crippen LogP contribution < -0.4 is 5.56 Å². The van der Waals surface area contributed by atoms with Crippen molar-refractivity contribution in [2.75, 3.05) is 6.54 Å². The third-order valence-electron chi connectivity index (χ3n) is 5.83. The van der Waals surface area contributed by atoms with Crippen molar-refractivity contribution in [3.63, 3.8) is 0 Å². The molecule has 5 rings (SSSR count). The summed E-state index contributed by atoms with van der Waals surface area (Å²) in [6.45, 7) is 1.70. The highest BCUT2D eigenvalue weighted by atomic mass is 79.9. The predicted molar refractivity (Wildman–Crippen MR) is 123 cm³/mol. The summed E-state index contributed by atoms with van der Waals surface area (Å²) < 4.78 is 4.56. The summed E-state index contributed by atoms with van der Waals surface area (Å²) in [5.74, 6) is 0.0301. The molecule has 1 atom stereocenters. The van der Waals surface area contributed by atoms with Gasteiger partial charge in [-0.3, -0.25) is 14.2 Å². The van der Waals surface area contributed by atoms with E-state index in [2.05, 4.69) is 49.9 Å². The highest BCUT2D eigenvalue weighted by molar-refractivity contribution is 9.10. The van der Waals surface area contributed by atoms with E-state index in [9.17, 15) is 9.59 Å². The van der Waals surface area contributed by atoms with Crippen molar-refractivity contribution >= 4 is 32.7 Å². The molecule has 2 aromatic carbocycles. The van der Waals surface area contributed by atoms with Gasteiger partial charge in [0.05, 0.1) is 23.3 Å². The summed E-state index contributed by atoms with van der Waals surface area (Å²) in [5, 5.41) is 0.544. The number of nitrogens with zero attached hydrogens (tertiary/aromatic N) is 4. The van der Waals surface area contributed by atoms with E-state index >= 15 is 0 Å². The van der Waals surface area contributed by atoms with Crippen molar-refractivity contribution in [2.24, 2.45) is 0 Å². The molecule has 31 heavy (non-hydrogen) atoms. The summed E-state index contributed by atoms with van der Waals surface area (Å²) in [6, 6.07) is 19.5. The van der Waals surface area contributed by atoms with E-state index in [4.69, 9.17) is 0 Å². The second kappa shape index (κ2) is 8.15. The van der Waals surface area contributed by atoms with Gasteiger partial charge in [0.2, 0.25) is 5.91 Å². The molecule has 0 aliphatic carbocycles. The Morgan fingerprint density at radius 3 is 2.74 bits per heavy atom. The molecule has 2 aromatic heterocycles.